The van der Waals surface area contributed by atoms with Crippen molar-refractivity contribution in [3.05, 3.63) is 42.0 Å². The van der Waals surface area contributed by atoms with Gasteiger partial charge in [-0.25, -0.2) is 0 Å². The van der Waals surface area contributed by atoms with Crippen molar-refractivity contribution in [1.29, 1.82) is 0 Å². The summed E-state index contributed by atoms with van der Waals surface area (Å²) >= 11 is 1.73. The van der Waals surface area contributed by atoms with Crippen LogP contribution in [0.4, 0.5) is 0 Å². The lowest BCUT2D eigenvalue weighted by molar-refractivity contribution is 0.190. The van der Waals surface area contributed by atoms with Crippen LogP contribution in [-0.4, -0.2) is 41.7 Å². The third-order valence-corrected chi connectivity index (χ3v) is 4.77. The maximum atomic E-state index is 5.46. The Morgan fingerprint density at radius 3 is 2.95 bits per heavy atom. The van der Waals surface area contributed by atoms with Gasteiger partial charge in [-0.05, 0) is 26.1 Å². The molecule has 1 aliphatic rings. The molecule has 1 aromatic carbocycles. The Bertz CT molecular complexity index is 574. The minimum atomic E-state index is 0.149. The number of aromatic nitrogens is 2. The van der Waals surface area contributed by atoms with E-state index in [1.54, 1.807) is 11.8 Å². The molecule has 1 aromatic heterocycles. The van der Waals surface area contributed by atoms with E-state index in [-0.39, 0.29) is 11.3 Å². The fraction of sp³-hybridized carbons (Fsp3) is 0.467. The van der Waals surface area contributed by atoms with Crippen LogP contribution in [0.25, 0.3) is 0 Å². The second-order valence-corrected chi connectivity index (χ2v) is 6.68. The number of likely N-dealkylation sites (N-methyl/N-ethyl adjacent to an activating group) is 1. The smallest absolute Gasteiger partial charge is 0.239 e. The zero-order valence-corrected chi connectivity index (χ0v) is 13.1. The highest BCUT2D eigenvalue weighted by atomic mass is 32.2. The Morgan fingerprint density at radius 1 is 1.38 bits per heavy atom. The molecule has 112 valence electrons. The monoisotopic (exact) mass is 304 g/mol. The highest BCUT2D eigenvalue weighted by Crippen LogP contribution is 2.34. The first-order chi connectivity index (χ1) is 10.2. The molecule has 1 N–H and O–H groups in total. The van der Waals surface area contributed by atoms with Crippen LogP contribution in [0.1, 0.15) is 29.9 Å². The van der Waals surface area contributed by atoms with E-state index in [1.807, 2.05) is 18.2 Å². The van der Waals surface area contributed by atoms with Gasteiger partial charge in [-0.15, -0.1) is 11.8 Å². The molecule has 0 amide bonds. The number of nitrogens with zero attached hydrogens (tertiary/aromatic N) is 3. The van der Waals surface area contributed by atoms with Crippen molar-refractivity contribution < 1.29 is 4.52 Å². The highest BCUT2D eigenvalue weighted by molar-refractivity contribution is 7.99. The molecule has 5 nitrogen and oxygen atoms in total. The van der Waals surface area contributed by atoms with Gasteiger partial charge in [-0.1, -0.05) is 23.4 Å². The Kier molecular flexibility index (Phi) is 4.57. The van der Waals surface area contributed by atoms with Gasteiger partial charge in [-0.3, -0.25) is 4.90 Å². The second-order valence-electron chi connectivity index (χ2n) is 5.26. The second kappa shape index (κ2) is 6.60. The van der Waals surface area contributed by atoms with Crippen LogP contribution < -0.4 is 5.32 Å². The van der Waals surface area contributed by atoms with Gasteiger partial charge in [0.1, 0.15) is 0 Å². The van der Waals surface area contributed by atoms with E-state index in [0.29, 0.717) is 5.89 Å². The van der Waals surface area contributed by atoms with E-state index in [0.717, 1.165) is 25.5 Å². The Labute approximate surface area is 129 Å². The molecule has 0 aliphatic carbocycles. The molecule has 0 bridgehead atoms. The molecule has 1 aliphatic heterocycles. The van der Waals surface area contributed by atoms with Crippen LogP contribution in [0.2, 0.25) is 0 Å². The summed E-state index contributed by atoms with van der Waals surface area (Å²) in [5, 5.41) is 7.69. The van der Waals surface area contributed by atoms with Crippen molar-refractivity contribution in [2.75, 3.05) is 26.7 Å². The molecule has 1 saturated heterocycles. The first kappa shape index (κ1) is 14.6. The molecule has 0 saturated carbocycles. The van der Waals surface area contributed by atoms with Gasteiger partial charge in [0, 0.05) is 24.5 Å². The summed E-state index contributed by atoms with van der Waals surface area (Å²) in [5.41, 5.74) is 0. The quantitative estimate of drug-likeness (QED) is 0.876. The average Bonchev–Trinajstić information content (AvgIpc) is 2.98. The lowest BCUT2D eigenvalue weighted by atomic mass is 10.2. The van der Waals surface area contributed by atoms with Gasteiger partial charge >= 0.3 is 0 Å². The van der Waals surface area contributed by atoms with E-state index >= 15 is 0 Å². The summed E-state index contributed by atoms with van der Waals surface area (Å²) < 4.78 is 5.46. The first-order valence-corrected chi connectivity index (χ1v) is 8.08. The molecule has 2 heterocycles. The third kappa shape index (κ3) is 3.45. The summed E-state index contributed by atoms with van der Waals surface area (Å²) in [7, 11) is 2.10. The molecular formula is C15H20N4OS. The molecular weight excluding hydrogens is 284 g/mol. The van der Waals surface area contributed by atoms with E-state index in [4.69, 9.17) is 4.52 Å². The van der Waals surface area contributed by atoms with Crippen LogP contribution in [0.3, 0.4) is 0 Å². The van der Waals surface area contributed by atoms with Crippen molar-refractivity contribution in [3.63, 3.8) is 0 Å². The molecule has 3 rings (SSSR count). The summed E-state index contributed by atoms with van der Waals surface area (Å²) in [6.07, 6.45) is 0. The summed E-state index contributed by atoms with van der Waals surface area (Å²) in [6.45, 7) is 4.98. The molecule has 2 unspecified atom stereocenters. The molecule has 21 heavy (non-hydrogen) atoms. The molecule has 0 radical (unpaired) electrons. The topological polar surface area (TPSA) is 54.2 Å². The van der Waals surface area contributed by atoms with Gasteiger partial charge in [0.25, 0.3) is 0 Å². The molecule has 6 heteroatoms. The SMILES string of the molecule is CC(Sc1ccccc1)c1nc(C2CNCCN2C)no1. The van der Waals surface area contributed by atoms with Crippen LogP contribution in [0.15, 0.2) is 39.8 Å². The van der Waals surface area contributed by atoms with Gasteiger partial charge in [0.2, 0.25) is 5.89 Å². The summed E-state index contributed by atoms with van der Waals surface area (Å²) in [6, 6.07) is 10.5. The normalized spacial score (nSPS) is 21.3. The number of thioether (sulfide) groups is 1. The fourth-order valence-electron chi connectivity index (χ4n) is 2.40. The molecule has 1 fully saturated rings. The zero-order valence-electron chi connectivity index (χ0n) is 12.3. The number of nitrogens with one attached hydrogen (secondary N) is 1. The minimum absolute atomic E-state index is 0.149. The highest BCUT2D eigenvalue weighted by Gasteiger charge is 2.26. The largest absolute Gasteiger partial charge is 0.338 e. The molecule has 2 aromatic rings. The van der Waals surface area contributed by atoms with Crippen molar-refractivity contribution in [3.8, 4) is 0 Å². The van der Waals surface area contributed by atoms with Crippen LogP contribution in [0.5, 0.6) is 0 Å². The predicted molar refractivity (Wildman–Crippen MR) is 83.3 cm³/mol. The van der Waals surface area contributed by atoms with E-state index in [1.165, 1.54) is 4.90 Å². The van der Waals surface area contributed by atoms with Crippen LogP contribution in [-0.2, 0) is 0 Å². The summed E-state index contributed by atoms with van der Waals surface area (Å²) in [4.78, 5) is 8.07. The van der Waals surface area contributed by atoms with Gasteiger partial charge < -0.3 is 9.84 Å². The number of piperazine rings is 1. The van der Waals surface area contributed by atoms with E-state index < -0.39 is 0 Å². The lowest BCUT2D eigenvalue weighted by Crippen LogP contribution is -2.44. The number of hydrogen-bond donors (Lipinski definition) is 1. The van der Waals surface area contributed by atoms with Crippen molar-refractivity contribution in [2.24, 2.45) is 0 Å². The Hall–Kier alpha value is -1.37. The third-order valence-electron chi connectivity index (χ3n) is 3.67. The maximum Gasteiger partial charge on any atom is 0.239 e. The zero-order chi connectivity index (χ0) is 14.7. The fourth-order valence-corrected chi connectivity index (χ4v) is 3.31. The Balaban J connectivity index is 1.69. The standard InChI is InChI=1S/C15H20N4OS/c1-11(21-12-6-4-3-5-7-12)15-17-14(18-20-15)13-10-16-8-9-19(13)2/h3-7,11,13,16H,8-10H2,1-2H3. The number of rotatable bonds is 4. The van der Waals surface area contributed by atoms with E-state index in [2.05, 4.69) is 46.5 Å². The van der Waals surface area contributed by atoms with E-state index in [9.17, 15) is 0 Å². The predicted octanol–water partition coefficient (Wildman–Crippen LogP) is 2.50. The van der Waals surface area contributed by atoms with Crippen LogP contribution in [0, 0.1) is 0 Å². The first-order valence-electron chi connectivity index (χ1n) is 7.20. The summed E-state index contributed by atoms with van der Waals surface area (Å²) in [5.74, 6) is 1.47. The van der Waals surface area contributed by atoms with Gasteiger partial charge in [0.15, 0.2) is 5.82 Å². The number of benzene rings is 1. The molecule has 0 spiro atoms. The minimum Gasteiger partial charge on any atom is -0.338 e. The lowest BCUT2D eigenvalue weighted by Gasteiger charge is -2.30. The van der Waals surface area contributed by atoms with Gasteiger partial charge in [0.05, 0.1) is 11.3 Å². The van der Waals surface area contributed by atoms with Crippen LogP contribution >= 0.6 is 11.8 Å². The molecule has 2 atom stereocenters. The Morgan fingerprint density at radius 2 is 2.19 bits per heavy atom. The maximum absolute atomic E-state index is 5.46. The van der Waals surface area contributed by atoms with Crippen molar-refractivity contribution in [1.82, 2.24) is 20.4 Å². The van der Waals surface area contributed by atoms with Crippen molar-refractivity contribution >= 4 is 11.8 Å². The van der Waals surface area contributed by atoms with Crippen molar-refractivity contribution in [2.45, 2.75) is 23.1 Å². The number of hydrogen-bond acceptors (Lipinski definition) is 6. The average molecular weight is 304 g/mol. The van der Waals surface area contributed by atoms with Gasteiger partial charge in [-0.2, -0.15) is 4.98 Å².